The van der Waals surface area contributed by atoms with Gasteiger partial charge in [-0.1, -0.05) is 30.3 Å². The average Bonchev–Trinajstić information content (AvgIpc) is 3.22. The van der Waals surface area contributed by atoms with Gasteiger partial charge in [0.05, 0.1) is 12.1 Å². The summed E-state index contributed by atoms with van der Waals surface area (Å²) in [7, 11) is -2.27. The summed E-state index contributed by atoms with van der Waals surface area (Å²) in [6, 6.07) is 10.7. The minimum atomic E-state index is -3.90. The molecule has 2 aromatic rings. The van der Waals surface area contributed by atoms with E-state index in [9.17, 15) is 13.2 Å². The van der Waals surface area contributed by atoms with Gasteiger partial charge in [0.2, 0.25) is 10.0 Å². The van der Waals surface area contributed by atoms with Gasteiger partial charge < -0.3 is 14.6 Å². The number of primary sulfonamides is 1. The van der Waals surface area contributed by atoms with Crippen molar-refractivity contribution in [1.82, 2.24) is 9.88 Å². The molecule has 0 bridgehead atoms. The highest BCUT2D eigenvalue weighted by atomic mass is 32.2. The Bertz CT molecular complexity index is 877. The normalized spacial score (nSPS) is 20.2. The van der Waals surface area contributed by atoms with Crippen molar-refractivity contribution in [3.63, 3.8) is 0 Å². The molecule has 1 aliphatic carbocycles. The van der Waals surface area contributed by atoms with Crippen molar-refractivity contribution in [3.8, 4) is 0 Å². The minimum absolute atomic E-state index is 0.0193. The molecule has 3 rings (SSSR count). The monoisotopic (exact) mass is 377 g/mol. The van der Waals surface area contributed by atoms with Crippen LogP contribution in [0.3, 0.4) is 0 Å². The number of rotatable bonds is 6. The fourth-order valence-corrected chi connectivity index (χ4v) is 3.91. The summed E-state index contributed by atoms with van der Waals surface area (Å²) in [6.45, 7) is 0.373. The number of methoxy groups -OCH3 is 1. The molecule has 1 aromatic heterocycles. The largest absolute Gasteiger partial charge is 0.379 e. The summed E-state index contributed by atoms with van der Waals surface area (Å²) in [4.78, 5) is 12.7. The van der Waals surface area contributed by atoms with E-state index in [4.69, 9.17) is 9.88 Å². The number of hydrogen-bond donors (Lipinski definition) is 2. The van der Waals surface area contributed by atoms with Crippen molar-refractivity contribution >= 4 is 15.9 Å². The number of aromatic nitrogens is 1. The van der Waals surface area contributed by atoms with Crippen LogP contribution in [-0.2, 0) is 21.3 Å². The smallest absolute Gasteiger partial charge is 0.268 e. The molecule has 3 N–H and O–H groups in total. The molecule has 0 saturated heterocycles. The standard InChI is InChI=1S/C18H23N3O4S/c1-25-17-9-5-8-15(17)20-18(22)16-10-14(26(19,23)24)12-21(16)11-13-6-3-2-4-7-13/h2-4,6-7,10,12,15,17H,5,8-9,11H2,1H3,(H,20,22)(H2,19,23,24). The van der Waals surface area contributed by atoms with E-state index in [1.165, 1.54) is 12.3 Å². The molecule has 0 spiro atoms. The lowest BCUT2D eigenvalue weighted by Crippen LogP contribution is -2.41. The van der Waals surface area contributed by atoms with Crippen LogP contribution in [0, 0.1) is 0 Å². The summed E-state index contributed by atoms with van der Waals surface area (Å²) in [6.07, 6.45) is 4.10. The molecule has 1 aromatic carbocycles. The zero-order valence-corrected chi connectivity index (χ0v) is 15.4. The molecule has 8 heteroatoms. The lowest BCUT2D eigenvalue weighted by atomic mass is 10.2. The maximum atomic E-state index is 12.8. The number of nitrogens with zero attached hydrogens (tertiary/aromatic N) is 1. The highest BCUT2D eigenvalue weighted by Crippen LogP contribution is 2.22. The van der Waals surface area contributed by atoms with Gasteiger partial charge in [-0.2, -0.15) is 0 Å². The second-order valence-corrected chi connectivity index (χ2v) is 8.07. The van der Waals surface area contributed by atoms with Crippen molar-refractivity contribution < 1.29 is 17.9 Å². The molecule has 0 aliphatic heterocycles. The van der Waals surface area contributed by atoms with Crippen LogP contribution in [0.4, 0.5) is 0 Å². The number of sulfonamides is 1. The molecule has 0 radical (unpaired) electrons. The van der Waals surface area contributed by atoms with Crippen molar-refractivity contribution in [1.29, 1.82) is 0 Å². The fourth-order valence-electron chi connectivity index (χ4n) is 3.36. The molecule has 1 aliphatic rings. The van der Waals surface area contributed by atoms with Crippen LogP contribution >= 0.6 is 0 Å². The summed E-state index contributed by atoms with van der Waals surface area (Å²) < 4.78 is 30.5. The number of ether oxygens (including phenoxy) is 1. The Morgan fingerprint density at radius 3 is 2.69 bits per heavy atom. The molecule has 1 heterocycles. The van der Waals surface area contributed by atoms with Gasteiger partial charge in [-0.15, -0.1) is 0 Å². The Labute approximate surface area is 153 Å². The first kappa shape index (κ1) is 18.6. The zero-order valence-electron chi connectivity index (χ0n) is 14.6. The van der Waals surface area contributed by atoms with Gasteiger partial charge in [0, 0.05) is 19.9 Å². The van der Waals surface area contributed by atoms with E-state index in [0.29, 0.717) is 6.54 Å². The molecule has 1 amide bonds. The van der Waals surface area contributed by atoms with E-state index < -0.39 is 10.0 Å². The van der Waals surface area contributed by atoms with Gasteiger partial charge in [0.1, 0.15) is 10.6 Å². The van der Waals surface area contributed by atoms with E-state index in [-0.39, 0.29) is 28.6 Å². The van der Waals surface area contributed by atoms with E-state index in [1.807, 2.05) is 30.3 Å². The summed E-state index contributed by atoms with van der Waals surface area (Å²) in [5, 5.41) is 8.21. The van der Waals surface area contributed by atoms with Crippen LogP contribution in [0.2, 0.25) is 0 Å². The van der Waals surface area contributed by atoms with Gasteiger partial charge in [0.25, 0.3) is 5.91 Å². The lowest BCUT2D eigenvalue weighted by Gasteiger charge is -2.20. The molecule has 1 fully saturated rings. The van der Waals surface area contributed by atoms with Gasteiger partial charge in [-0.3, -0.25) is 4.79 Å². The van der Waals surface area contributed by atoms with E-state index >= 15 is 0 Å². The highest BCUT2D eigenvalue weighted by Gasteiger charge is 2.30. The van der Waals surface area contributed by atoms with E-state index in [0.717, 1.165) is 24.8 Å². The zero-order chi connectivity index (χ0) is 18.7. The van der Waals surface area contributed by atoms with Crippen molar-refractivity contribution in [3.05, 3.63) is 53.9 Å². The molecule has 1 saturated carbocycles. The Morgan fingerprint density at radius 1 is 1.31 bits per heavy atom. The first-order valence-corrected chi connectivity index (χ1v) is 10.0. The van der Waals surface area contributed by atoms with Crippen LogP contribution in [0.15, 0.2) is 47.5 Å². The number of hydrogen-bond acceptors (Lipinski definition) is 4. The van der Waals surface area contributed by atoms with Gasteiger partial charge >= 0.3 is 0 Å². The molecular weight excluding hydrogens is 354 g/mol. The Morgan fingerprint density at radius 2 is 2.04 bits per heavy atom. The third kappa shape index (κ3) is 4.14. The van der Waals surface area contributed by atoms with Crippen LogP contribution in [0.25, 0.3) is 0 Å². The third-order valence-electron chi connectivity index (χ3n) is 4.70. The second-order valence-electron chi connectivity index (χ2n) is 6.50. The number of nitrogens with two attached hydrogens (primary N) is 1. The number of amides is 1. The average molecular weight is 377 g/mol. The predicted octanol–water partition coefficient (Wildman–Crippen LogP) is 1.48. The Hall–Kier alpha value is -2.16. The van der Waals surface area contributed by atoms with Crippen molar-refractivity contribution in [2.24, 2.45) is 5.14 Å². The lowest BCUT2D eigenvalue weighted by molar-refractivity contribution is 0.0717. The topological polar surface area (TPSA) is 103 Å². The molecule has 7 nitrogen and oxygen atoms in total. The Balaban J connectivity index is 1.88. The number of nitrogens with one attached hydrogen (secondary N) is 1. The summed E-state index contributed by atoms with van der Waals surface area (Å²) in [5.41, 5.74) is 1.22. The third-order valence-corrected chi connectivity index (χ3v) is 5.58. The maximum absolute atomic E-state index is 12.8. The van der Waals surface area contributed by atoms with Crippen molar-refractivity contribution in [2.45, 2.75) is 42.8 Å². The SMILES string of the molecule is COC1CCCC1NC(=O)c1cc(S(N)(=O)=O)cn1Cc1ccccc1. The van der Waals surface area contributed by atoms with Crippen LogP contribution < -0.4 is 10.5 Å². The predicted molar refractivity (Wildman–Crippen MR) is 97.3 cm³/mol. The molecule has 26 heavy (non-hydrogen) atoms. The molecular formula is C18H23N3O4S. The number of carbonyl (C=O) groups is 1. The van der Waals surface area contributed by atoms with E-state index in [2.05, 4.69) is 5.32 Å². The maximum Gasteiger partial charge on any atom is 0.268 e. The van der Waals surface area contributed by atoms with Gasteiger partial charge in [-0.05, 0) is 30.9 Å². The quantitative estimate of drug-likeness (QED) is 0.796. The summed E-state index contributed by atoms with van der Waals surface area (Å²) >= 11 is 0. The first-order chi connectivity index (χ1) is 12.4. The number of benzene rings is 1. The van der Waals surface area contributed by atoms with Crippen molar-refractivity contribution in [2.75, 3.05) is 7.11 Å². The molecule has 2 unspecified atom stereocenters. The molecule has 140 valence electrons. The van der Waals surface area contributed by atoms with Gasteiger partial charge in [0.15, 0.2) is 0 Å². The van der Waals surface area contributed by atoms with Gasteiger partial charge in [-0.25, -0.2) is 13.6 Å². The minimum Gasteiger partial charge on any atom is -0.379 e. The summed E-state index contributed by atoms with van der Waals surface area (Å²) in [5.74, 6) is -0.329. The fraction of sp³-hybridized carbons (Fsp3) is 0.389. The van der Waals surface area contributed by atoms with Crippen LogP contribution in [0.1, 0.15) is 35.3 Å². The Kier molecular flexibility index (Phi) is 5.45. The molecule has 2 atom stereocenters. The second kappa shape index (κ2) is 7.61. The van der Waals surface area contributed by atoms with Crippen LogP contribution in [-0.4, -0.2) is 38.1 Å². The first-order valence-electron chi connectivity index (χ1n) is 8.49. The highest BCUT2D eigenvalue weighted by molar-refractivity contribution is 7.89. The number of carbonyl (C=O) groups excluding carboxylic acids is 1. The van der Waals surface area contributed by atoms with E-state index in [1.54, 1.807) is 11.7 Å². The van der Waals surface area contributed by atoms with Crippen LogP contribution in [0.5, 0.6) is 0 Å².